The van der Waals surface area contributed by atoms with E-state index in [1.165, 1.54) is 4.90 Å². The van der Waals surface area contributed by atoms with E-state index in [1.807, 2.05) is 0 Å². The lowest BCUT2D eigenvalue weighted by Gasteiger charge is -2.41. The van der Waals surface area contributed by atoms with Crippen LogP contribution in [0.25, 0.3) is 0 Å². The van der Waals surface area contributed by atoms with Crippen molar-refractivity contribution < 1.29 is 9.59 Å². The quantitative estimate of drug-likeness (QED) is 0.629. The molecule has 102 valence electrons. The zero-order chi connectivity index (χ0) is 14.2. The van der Waals surface area contributed by atoms with Crippen molar-refractivity contribution in [3.8, 4) is 0 Å². The molecule has 2 amide bonds. The molecule has 1 heterocycles. The summed E-state index contributed by atoms with van der Waals surface area (Å²) in [5, 5.41) is 2.75. The molecule has 0 aliphatic carbocycles. The smallest absolute Gasteiger partial charge is 0.256 e. The number of nitrogens with one attached hydrogen (secondary N) is 1. The summed E-state index contributed by atoms with van der Waals surface area (Å²) in [6, 6.07) is 4.76. The van der Waals surface area contributed by atoms with Crippen molar-refractivity contribution in [2.75, 3.05) is 24.6 Å². The molecule has 0 unspecified atom stereocenters. The van der Waals surface area contributed by atoms with Gasteiger partial charge < -0.3 is 21.7 Å². The van der Waals surface area contributed by atoms with Gasteiger partial charge in [-0.1, -0.05) is 0 Å². The van der Waals surface area contributed by atoms with E-state index in [2.05, 4.69) is 5.32 Å². The van der Waals surface area contributed by atoms with Gasteiger partial charge in [-0.25, -0.2) is 0 Å². The molecular formula is C13H18N4O2. The lowest BCUT2D eigenvalue weighted by molar-refractivity contribution is -0.133. The fourth-order valence-corrected chi connectivity index (χ4v) is 2.18. The SMILES string of the molecule is CC1(C)C(=O)NCCN1C(=O)c1ccc(N)cc1N. The molecule has 5 N–H and O–H groups in total. The first-order chi connectivity index (χ1) is 8.84. The number of rotatable bonds is 1. The van der Waals surface area contributed by atoms with Crippen molar-refractivity contribution in [3.63, 3.8) is 0 Å². The summed E-state index contributed by atoms with van der Waals surface area (Å²) in [5.74, 6) is -0.418. The second-order valence-electron chi connectivity index (χ2n) is 5.12. The Morgan fingerprint density at radius 2 is 2.05 bits per heavy atom. The maximum Gasteiger partial charge on any atom is 0.256 e. The van der Waals surface area contributed by atoms with Crippen LogP contribution in [0.1, 0.15) is 24.2 Å². The Morgan fingerprint density at radius 1 is 1.37 bits per heavy atom. The topological polar surface area (TPSA) is 101 Å². The van der Waals surface area contributed by atoms with Crippen LogP contribution < -0.4 is 16.8 Å². The highest BCUT2D eigenvalue weighted by Gasteiger charge is 2.41. The van der Waals surface area contributed by atoms with Crippen LogP contribution in [-0.2, 0) is 4.79 Å². The van der Waals surface area contributed by atoms with Crippen LogP contribution in [0.15, 0.2) is 18.2 Å². The van der Waals surface area contributed by atoms with Gasteiger partial charge in [0.1, 0.15) is 5.54 Å². The Bertz CT molecular complexity index is 539. The third-order valence-corrected chi connectivity index (χ3v) is 3.40. The van der Waals surface area contributed by atoms with Gasteiger partial charge in [-0.15, -0.1) is 0 Å². The molecule has 0 radical (unpaired) electrons. The van der Waals surface area contributed by atoms with Gasteiger partial charge in [0.25, 0.3) is 5.91 Å². The molecule has 1 fully saturated rings. The van der Waals surface area contributed by atoms with E-state index in [4.69, 9.17) is 11.5 Å². The van der Waals surface area contributed by atoms with Crippen molar-refractivity contribution in [2.45, 2.75) is 19.4 Å². The monoisotopic (exact) mass is 262 g/mol. The maximum absolute atomic E-state index is 12.5. The lowest BCUT2D eigenvalue weighted by atomic mass is 9.97. The zero-order valence-corrected chi connectivity index (χ0v) is 11.1. The van der Waals surface area contributed by atoms with Crippen LogP contribution in [0, 0.1) is 0 Å². The number of carbonyl (C=O) groups excluding carboxylic acids is 2. The van der Waals surface area contributed by atoms with Gasteiger partial charge in [0, 0.05) is 24.5 Å². The van der Waals surface area contributed by atoms with Gasteiger partial charge in [0.2, 0.25) is 5.91 Å². The molecule has 19 heavy (non-hydrogen) atoms. The molecule has 0 bridgehead atoms. The Kier molecular flexibility index (Phi) is 3.09. The predicted molar refractivity (Wildman–Crippen MR) is 73.4 cm³/mol. The summed E-state index contributed by atoms with van der Waals surface area (Å²) in [6.45, 7) is 4.34. The molecule has 0 aromatic heterocycles. The maximum atomic E-state index is 12.5. The van der Waals surface area contributed by atoms with E-state index in [-0.39, 0.29) is 11.8 Å². The van der Waals surface area contributed by atoms with Crippen LogP contribution in [0.3, 0.4) is 0 Å². The Labute approximate surface area is 111 Å². The van der Waals surface area contributed by atoms with Crippen molar-refractivity contribution in [1.82, 2.24) is 10.2 Å². The molecule has 1 aromatic rings. The average Bonchev–Trinajstić information content (AvgIpc) is 2.32. The van der Waals surface area contributed by atoms with E-state index in [1.54, 1.807) is 32.0 Å². The largest absolute Gasteiger partial charge is 0.399 e. The van der Waals surface area contributed by atoms with E-state index in [0.29, 0.717) is 30.0 Å². The molecule has 6 heteroatoms. The van der Waals surface area contributed by atoms with Gasteiger partial charge in [-0.2, -0.15) is 0 Å². The Morgan fingerprint density at radius 3 is 2.68 bits per heavy atom. The van der Waals surface area contributed by atoms with Crippen LogP contribution in [0.4, 0.5) is 11.4 Å². The molecule has 1 aliphatic rings. The number of benzene rings is 1. The van der Waals surface area contributed by atoms with Crippen molar-refractivity contribution in [2.24, 2.45) is 0 Å². The molecule has 1 aromatic carbocycles. The minimum atomic E-state index is -0.886. The summed E-state index contributed by atoms with van der Waals surface area (Å²) in [5.41, 5.74) is 11.8. The molecular weight excluding hydrogens is 244 g/mol. The van der Waals surface area contributed by atoms with Gasteiger partial charge in [0.15, 0.2) is 0 Å². The highest BCUT2D eigenvalue weighted by atomic mass is 16.2. The fourth-order valence-electron chi connectivity index (χ4n) is 2.18. The number of nitrogen functional groups attached to an aromatic ring is 2. The van der Waals surface area contributed by atoms with Crippen LogP contribution in [0.2, 0.25) is 0 Å². The fraction of sp³-hybridized carbons (Fsp3) is 0.385. The zero-order valence-electron chi connectivity index (χ0n) is 11.1. The number of amides is 2. The molecule has 2 rings (SSSR count). The van der Waals surface area contributed by atoms with Gasteiger partial charge >= 0.3 is 0 Å². The lowest BCUT2D eigenvalue weighted by Crippen LogP contribution is -2.63. The van der Waals surface area contributed by atoms with Gasteiger partial charge in [-0.05, 0) is 32.0 Å². The highest BCUT2D eigenvalue weighted by Crippen LogP contribution is 2.24. The minimum absolute atomic E-state index is 0.166. The second kappa shape index (κ2) is 4.46. The second-order valence-corrected chi connectivity index (χ2v) is 5.12. The van der Waals surface area contributed by atoms with Crippen molar-refractivity contribution in [1.29, 1.82) is 0 Å². The predicted octanol–water partition coefficient (Wildman–Crippen LogP) is 0.202. The third kappa shape index (κ3) is 2.21. The van der Waals surface area contributed by atoms with E-state index >= 15 is 0 Å². The number of carbonyl (C=O) groups is 2. The molecule has 0 spiro atoms. The number of anilines is 2. The first-order valence-corrected chi connectivity index (χ1v) is 6.09. The summed E-state index contributed by atoms with van der Waals surface area (Å²) in [4.78, 5) is 25.9. The van der Waals surface area contributed by atoms with Crippen LogP contribution in [-0.4, -0.2) is 35.3 Å². The first-order valence-electron chi connectivity index (χ1n) is 6.09. The van der Waals surface area contributed by atoms with Gasteiger partial charge in [-0.3, -0.25) is 9.59 Å². The number of hydrogen-bond donors (Lipinski definition) is 3. The van der Waals surface area contributed by atoms with Crippen molar-refractivity contribution in [3.05, 3.63) is 23.8 Å². The van der Waals surface area contributed by atoms with Crippen molar-refractivity contribution >= 4 is 23.2 Å². The van der Waals surface area contributed by atoms with E-state index < -0.39 is 5.54 Å². The molecule has 0 saturated carbocycles. The molecule has 1 aliphatic heterocycles. The Balaban J connectivity index is 2.35. The normalized spacial score (nSPS) is 18.0. The highest BCUT2D eigenvalue weighted by molar-refractivity contribution is 6.03. The number of nitrogens with two attached hydrogens (primary N) is 2. The van der Waals surface area contributed by atoms with Crippen LogP contribution in [0.5, 0.6) is 0 Å². The van der Waals surface area contributed by atoms with Crippen LogP contribution >= 0.6 is 0 Å². The molecule has 6 nitrogen and oxygen atoms in total. The summed E-state index contributed by atoms with van der Waals surface area (Å²) in [7, 11) is 0. The molecule has 1 saturated heterocycles. The van der Waals surface area contributed by atoms with E-state index in [0.717, 1.165) is 0 Å². The summed E-state index contributed by atoms with van der Waals surface area (Å²) < 4.78 is 0. The molecule has 0 atom stereocenters. The summed E-state index contributed by atoms with van der Waals surface area (Å²) >= 11 is 0. The number of piperazine rings is 1. The third-order valence-electron chi connectivity index (χ3n) is 3.40. The van der Waals surface area contributed by atoms with E-state index in [9.17, 15) is 9.59 Å². The Hall–Kier alpha value is -2.24. The van der Waals surface area contributed by atoms with Gasteiger partial charge in [0.05, 0.1) is 5.56 Å². The standard InChI is InChI=1S/C13H18N4O2/c1-13(2)12(19)16-5-6-17(13)11(18)9-4-3-8(14)7-10(9)15/h3-4,7H,5-6,14-15H2,1-2H3,(H,16,19). The first kappa shape index (κ1) is 13.2. The minimum Gasteiger partial charge on any atom is -0.399 e. The number of nitrogens with zero attached hydrogens (tertiary/aromatic N) is 1. The average molecular weight is 262 g/mol. The summed E-state index contributed by atoms with van der Waals surface area (Å²) in [6.07, 6.45) is 0. The number of hydrogen-bond acceptors (Lipinski definition) is 4.